The molecule has 1 heterocycles. The summed E-state index contributed by atoms with van der Waals surface area (Å²) in [6.45, 7) is 2.12. The molecule has 1 aliphatic heterocycles. The Hall–Kier alpha value is -1.48. The van der Waals surface area contributed by atoms with Crippen LogP contribution in [0.5, 0.6) is 0 Å². The van der Waals surface area contributed by atoms with Gasteiger partial charge in [0.2, 0.25) is 0 Å². The molecule has 81 valence electrons. The average molecular weight is 236 g/mol. The fourth-order valence-corrected chi connectivity index (χ4v) is 2.84. The minimum atomic E-state index is 1.21. The van der Waals surface area contributed by atoms with E-state index in [0.717, 1.165) is 0 Å². The summed E-state index contributed by atoms with van der Waals surface area (Å²) in [4.78, 5) is 6.70. The first-order chi connectivity index (χ1) is 8.31. The quantitative estimate of drug-likeness (QED) is 0.730. The molecule has 0 amide bonds. The SMILES string of the molecule is Cc1cccc(Sc2ccc3c(c2)[B]N=C3)c1. The van der Waals surface area contributed by atoms with Crippen LogP contribution >= 0.6 is 11.8 Å². The number of benzene rings is 2. The van der Waals surface area contributed by atoms with Crippen molar-refractivity contribution in [3.8, 4) is 0 Å². The number of rotatable bonds is 2. The number of hydrogen-bond donors (Lipinski definition) is 0. The van der Waals surface area contributed by atoms with Crippen LogP contribution in [-0.2, 0) is 0 Å². The van der Waals surface area contributed by atoms with Gasteiger partial charge in [0, 0.05) is 16.0 Å². The second-order valence-corrected chi connectivity index (χ2v) is 5.26. The fourth-order valence-electron chi connectivity index (χ4n) is 1.86. The Kier molecular flexibility index (Phi) is 2.77. The van der Waals surface area contributed by atoms with Gasteiger partial charge in [-0.15, -0.1) is 0 Å². The number of nitrogens with zero attached hydrogens (tertiary/aromatic N) is 1. The lowest BCUT2D eigenvalue weighted by Gasteiger charge is -2.04. The molecule has 0 atom stereocenters. The van der Waals surface area contributed by atoms with Crippen molar-refractivity contribution in [2.75, 3.05) is 0 Å². The first-order valence-electron chi connectivity index (χ1n) is 5.56. The van der Waals surface area contributed by atoms with Crippen LogP contribution < -0.4 is 5.46 Å². The molecule has 0 bridgehead atoms. The highest BCUT2D eigenvalue weighted by Gasteiger charge is 2.09. The van der Waals surface area contributed by atoms with Gasteiger partial charge in [0.25, 0.3) is 0 Å². The Morgan fingerprint density at radius 1 is 1.06 bits per heavy atom. The van der Waals surface area contributed by atoms with E-state index < -0.39 is 0 Å². The summed E-state index contributed by atoms with van der Waals surface area (Å²) >= 11 is 1.79. The van der Waals surface area contributed by atoms with Crippen LogP contribution in [0.3, 0.4) is 0 Å². The molecule has 2 aromatic rings. The first-order valence-corrected chi connectivity index (χ1v) is 6.38. The van der Waals surface area contributed by atoms with E-state index in [9.17, 15) is 0 Å². The molecular formula is C14H11BNS. The zero-order chi connectivity index (χ0) is 11.7. The second kappa shape index (κ2) is 4.42. The van der Waals surface area contributed by atoms with E-state index in [1.807, 2.05) is 13.6 Å². The van der Waals surface area contributed by atoms with E-state index in [1.54, 1.807) is 11.8 Å². The molecule has 0 saturated carbocycles. The van der Waals surface area contributed by atoms with Gasteiger partial charge in [-0.25, -0.2) is 0 Å². The fraction of sp³-hybridized carbons (Fsp3) is 0.0714. The van der Waals surface area contributed by atoms with Crippen molar-refractivity contribution in [3.05, 3.63) is 53.6 Å². The average Bonchev–Trinajstić information content (AvgIpc) is 2.76. The predicted octanol–water partition coefficient (Wildman–Crippen LogP) is 2.82. The van der Waals surface area contributed by atoms with Gasteiger partial charge in [-0.1, -0.05) is 41.6 Å². The van der Waals surface area contributed by atoms with Crippen molar-refractivity contribution < 1.29 is 0 Å². The Bertz CT molecular complexity index is 593. The monoisotopic (exact) mass is 236 g/mol. The summed E-state index contributed by atoms with van der Waals surface area (Å²) in [5.74, 6) is 0. The summed E-state index contributed by atoms with van der Waals surface area (Å²) in [5, 5.41) is 0. The Labute approximate surface area is 106 Å². The van der Waals surface area contributed by atoms with Crippen LogP contribution in [0.2, 0.25) is 0 Å². The lowest BCUT2D eigenvalue weighted by molar-refractivity contribution is 1.35. The Morgan fingerprint density at radius 2 is 1.94 bits per heavy atom. The molecule has 0 aromatic heterocycles. The number of fused-ring (bicyclic) bond motifs is 1. The molecule has 3 heteroatoms. The van der Waals surface area contributed by atoms with Gasteiger partial charge in [0.15, 0.2) is 0 Å². The molecule has 17 heavy (non-hydrogen) atoms. The predicted molar refractivity (Wildman–Crippen MR) is 74.7 cm³/mol. The zero-order valence-electron chi connectivity index (χ0n) is 9.55. The first kappa shape index (κ1) is 10.7. The molecule has 0 fully saturated rings. The van der Waals surface area contributed by atoms with Crippen molar-refractivity contribution >= 4 is 30.9 Å². The van der Waals surface area contributed by atoms with Gasteiger partial charge < -0.3 is 4.90 Å². The minimum Gasteiger partial charge on any atom is -0.348 e. The molecule has 0 N–H and O–H groups in total. The van der Waals surface area contributed by atoms with E-state index >= 15 is 0 Å². The van der Waals surface area contributed by atoms with Crippen molar-refractivity contribution in [1.82, 2.24) is 0 Å². The molecule has 0 aliphatic carbocycles. The number of hydrogen-bond acceptors (Lipinski definition) is 2. The lowest BCUT2D eigenvalue weighted by Crippen LogP contribution is -2.11. The van der Waals surface area contributed by atoms with Crippen LogP contribution in [-0.4, -0.2) is 13.6 Å². The standard InChI is InChI=1S/C14H11BNS/c1-10-3-2-4-12(7-10)17-13-6-5-11-9-16-15-14(11)8-13/h2-9H,1H3. The van der Waals surface area contributed by atoms with Gasteiger partial charge in [0.1, 0.15) is 0 Å². The third-order valence-electron chi connectivity index (χ3n) is 2.71. The van der Waals surface area contributed by atoms with Crippen LogP contribution in [0, 0.1) is 6.92 Å². The molecular weight excluding hydrogens is 225 g/mol. The zero-order valence-corrected chi connectivity index (χ0v) is 10.4. The van der Waals surface area contributed by atoms with Crippen molar-refractivity contribution in [2.45, 2.75) is 16.7 Å². The van der Waals surface area contributed by atoms with Gasteiger partial charge in [-0.3, -0.25) is 0 Å². The van der Waals surface area contributed by atoms with Gasteiger partial charge in [0.05, 0.1) is 0 Å². The summed E-state index contributed by atoms with van der Waals surface area (Å²) < 4.78 is 0. The molecule has 0 unspecified atom stereocenters. The van der Waals surface area contributed by atoms with Crippen LogP contribution in [0.25, 0.3) is 0 Å². The van der Waals surface area contributed by atoms with E-state index in [1.165, 1.54) is 26.4 Å². The van der Waals surface area contributed by atoms with Crippen LogP contribution in [0.15, 0.2) is 57.2 Å². The molecule has 3 rings (SSSR count). The van der Waals surface area contributed by atoms with Gasteiger partial charge >= 0.3 is 7.41 Å². The highest BCUT2D eigenvalue weighted by molar-refractivity contribution is 7.99. The topological polar surface area (TPSA) is 12.4 Å². The summed E-state index contributed by atoms with van der Waals surface area (Å²) in [5.41, 5.74) is 3.72. The van der Waals surface area contributed by atoms with Gasteiger partial charge in [-0.05, 0) is 36.1 Å². The maximum absolute atomic E-state index is 4.15. The molecule has 2 aromatic carbocycles. The Morgan fingerprint density at radius 3 is 2.82 bits per heavy atom. The van der Waals surface area contributed by atoms with E-state index in [0.29, 0.717) is 0 Å². The molecule has 1 radical (unpaired) electrons. The Balaban J connectivity index is 1.87. The third-order valence-corrected chi connectivity index (χ3v) is 3.69. The van der Waals surface area contributed by atoms with Crippen LogP contribution in [0.1, 0.15) is 11.1 Å². The van der Waals surface area contributed by atoms with Crippen LogP contribution in [0.4, 0.5) is 0 Å². The molecule has 1 aliphatic rings. The molecule has 0 saturated heterocycles. The van der Waals surface area contributed by atoms with E-state index in [-0.39, 0.29) is 0 Å². The second-order valence-electron chi connectivity index (χ2n) is 4.12. The van der Waals surface area contributed by atoms with Crippen molar-refractivity contribution in [3.63, 3.8) is 0 Å². The minimum absolute atomic E-state index is 1.21. The van der Waals surface area contributed by atoms with E-state index in [4.69, 9.17) is 0 Å². The maximum Gasteiger partial charge on any atom is 0.312 e. The van der Waals surface area contributed by atoms with Crippen molar-refractivity contribution in [2.24, 2.45) is 4.90 Å². The molecule has 1 nitrogen and oxygen atoms in total. The largest absolute Gasteiger partial charge is 0.348 e. The normalized spacial score (nSPS) is 12.3. The summed E-state index contributed by atoms with van der Waals surface area (Å²) in [6, 6.07) is 15.0. The number of aryl methyl sites for hydroxylation is 1. The summed E-state index contributed by atoms with van der Waals surface area (Å²) in [7, 11) is 1.91. The third kappa shape index (κ3) is 2.29. The van der Waals surface area contributed by atoms with E-state index in [2.05, 4.69) is 54.3 Å². The maximum atomic E-state index is 4.15. The van der Waals surface area contributed by atoms with Crippen molar-refractivity contribution in [1.29, 1.82) is 0 Å². The lowest BCUT2D eigenvalue weighted by atomic mass is 9.84. The molecule has 0 spiro atoms. The van der Waals surface area contributed by atoms with Gasteiger partial charge in [-0.2, -0.15) is 0 Å². The summed E-state index contributed by atoms with van der Waals surface area (Å²) in [6.07, 6.45) is 1.90. The highest BCUT2D eigenvalue weighted by Crippen LogP contribution is 2.27. The highest BCUT2D eigenvalue weighted by atomic mass is 32.2. The smallest absolute Gasteiger partial charge is 0.312 e.